The predicted molar refractivity (Wildman–Crippen MR) is 318 cm³/mol. The standard InChI is InChI=1S/C72H46N4/c1-4-19-47(20-5-1)53-43-54(48-21-6-2-7-22-48)45-55(44-53)52-39-42-68-65(46-52)63-41-40-62-60-29-13-12-28-59(60)61-30-15-17-34-67(61)75(56-25-8-3-9-26-56)70(62)71(63)76(68)72-73-66-33-16-14-31-64(66)69(74-72)51-37-35-50(36-38-51)58-32-18-24-49-23-10-11-27-57(49)58/h1-46H. The first kappa shape index (κ1) is 43.4. The maximum atomic E-state index is 5.73. The average molecular weight is 967 g/mol. The van der Waals surface area contributed by atoms with Crippen molar-refractivity contribution >= 4 is 60.5 Å². The monoisotopic (exact) mass is 966 g/mol. The van der Waals surface area contributed by atoms with Crippen LogP contribution in [-0.4, -0.2) is 14.5 Å². The van der Waals surface area contributed by atoms with E-state index >= 15 is 0 Å². The van der Waals surface area contributed by atoms with Gasteiger partial charge in [0.05, 0.1) is 33.6 Å². The fourth-order valence-electron chi connectivity index (χ4n) is 11.8. The van der Waals surface area contributed by atoms with Crippen LogP contribution in [0.4, 0.5) is 17.1 Å². The number of aromatic nitrogens is 3. The molecule has 0 N–H and O–H groups in total. The topological polar surface area (TPSA) is 34.0 Å². The van der Waals surface area contributed by atoms with Crippen molar-refractivity contribution in [2.75, 3.05) is 4.90 Å². The lowest BCUT2D eigenvalue weighted by Crippen LogP contribution is -2.13. The zero-order valence-corrected chi connectivity index (χ0v) is 41.3. The van der Waals surface area contributed by atoms with Gasteiger partial charge in [-0.3, -0.25) is 4.57 Å². The SMILES string of the molecule is c1ccc(-c2cc(-c3ccccc3)cc(-c3ccc4c(c3)c3ccc5c(c3n4-c3nc(-c4ccc(-c6cccc7ccccc67)cc4)c4ccccc4n3)N(c3ccccc3)c3ccccc3-c3ccccc3-5)c2)cc1. The van der Waals surface area contributed by atoms with E-state index in [4.69, 9.17) is 9.97 Å². The highest BCUT2D eigenvalue weighted by Crippen LogP contribution is 2.55. The van der Waals surface area contributed by atoms with E-state index < -0.39 is 0 Å². The zero-order chi connectivity index (χ0) is 50.1. The van der Waals surface area contributed by atoms with E-state index in [2.05, 4.69) is 289 Å². The fraction of sp³-hybridized carbons (Fsp3) is 0. The Hall–Kier alpha value is -10.2. The summed E-state index contributed by atoms with van der Waals surface area (Å²) in [5.74, 6) is 0.601. The van der Waals surface area contributed by atoms with E-state index in [9.17, 15) is 0 Å². The summed E-state index contributed by atoms with van der Waals surface area (Å²) in [6.45, 7) is 0. The van der Waals surface area contributed by atoms with Crippen LogP contribution in [0.2, 0.25) is 0 Å². The smallest absolute Gasteiger partial charge is 0.235 e. The van der Waals surface area contributed by atoms with Crippen molar-refractivity contribution in [2.24, 2.45) is 0 Å². The molecule has 12 aromatic carbocycles. The van der Waals surface area contributed by atoms with Gasteiger partial charge in [-0.05, 0) is 121 Å². The van der Waals surface area contributed by atoms with Crippen molar-refractivity contribution in [2.45, 2.75) is 0 Å². The second kappa shape index (κ2) is 17.8. The van der Waals surface area contributed by atoms with Crippen LogP contribution in [0.25, 0.3) is 127 Å². The van der Waals surface area contributed by atoms with Gasteiger partial charge in [-0.1, -0.05) is 224 Å². The van der Waals surface area contributed by atoms with E-state index in [0.717, 1.165) is 83.3 Å². The highest BCUT2D eigenvalue weighted by atomic mass is 15.2. The van der Waals surface area contributed by atoms with Crippen LogP contribution in [0, 0.1) is 0 Å². The summed E-state index contributed by atoms with van der Waals surface area (Å²) < 4.78 is 2.34. The van der Waals surface area contributed by atoms with Gasteiger partial charge in [0.15, 0.2) is 0 Å². The quantitative estimate of drug-likeness (QED) is 0.160. The van der Waals surface area contributed by atoms with Gasteiger partial charge < -0.3 is 4.90 Å². The number of fused-ring (bicyclic) bond motifs is 11. The van der Waals surface area contributed by atoms with Crippen molar-refractivity contribution in [3.63, 3.8) is 0 Å². The molecule has 1 aliphatic heterocycles. The summed E-state index contributed by atoms with van der Waals surface area (Å²) in [7, 11) is 0. The molecule has 0 spiro atoms. The van der Waals surface area contributed by atoms with Gasteiger partial charge >= 0.3 is 0 Å². The van der Waals surface area contributed by atoms with Crippen LogP contribution in [0.15, 0.2) is 279 Å². The number of para-hydroxylation sites is 3. The van der Waals surface area contributed by atoms with E-state index in [-0.39, 0.29) is 0 Å². The fourth-order valence-corrected chi connectivity index (χ4v) is 11.8. The molecule has 1 aliphatic rings. The van der Waals surface area contributed by atoms with Crippen LogP contribution in [-0.2, 0) is 0 Å². The molecule has 14 aromatic rings. The lowest BCUT2D eigenvalue weighted by Gasteiger charge is -2.28. The average Bonchev–Trinajstić information content (AvgIpc) is 3.84. The third-order valence-corrected chi connectivity index (χ3v) is 15.3. The minimum absolute atomic E-state index is 0.601. The number of hydrogen-bond donors (Lipinski definition) is 0. The first-order valence-corrected chi connectivity index (χ1v) is 26.0. The minimum atomic E-state index is 0.601. The Morgan fingerprint density at radius 1 is 0.289 bits per heavy atom. The van der Waals surface area contributed by atoms with Crippen LogP contribution >= 0.6 is 0 Å². The van der Waals surface area contributed by atoms with Crippen LogP contribution in [0.3, 0.4) is 0 Å². The number of anilines is 3. The first-order chi connectivity index (χ1) is 37.7. The van der Waals surface area contributed by atoms with Gasteiger partial charge in [-0.25, -0.2) is 9.97 Å². The van der Waals surface area contributed by atoms with Crippen molar-refractivity contribution in [3.8, 4) is 84.0 Å². The molecule has 4 nitrogen and oxygen atoms in total. The lowest BCUT2D eigenvalue weighted by atomic mass is 9.92. The molecule has 0 saturated heterocycles. The minimum Gasteiger partial charge on any atom is -0.307 e. The third kappa shape index (κ3) is 7.14. The molecule has 0 fully saturated rings. The van der Waals surface area contributed by atoms with Gasteiger partial charge in [-0.15, -0.1) is 0 Å². The molecular formula is C72H46N4. The Balaban J connectivity index is 1.02. The molecule has 0 aliphatic carbocycles. The molecule has 3 heterocycles. The molecule has 76 heavy (non-hydrogen) atoms. The van der Waals surface area contributed by atoms with Gasteiger partial charge in [0.1, 0.15) is 0 Å². The molecule has 15 rings (SSSR count). The number of rotatable bonds is 7. The number of nitrogens with zero attached hydrogens (tertiary/aromatic N) is 4. The summed E-state index contributed by atoms with van der Waals surface area (Å²) >= 11 is 0. The molecule has 2 aromatic heterocycles. The Labute approximate surface area is 440 Å². The van der Waals surface area contributed by atoms with Gasteiger partial charge in [0.25, 0.3) is 0 Å². The van der Waals surface area contributed by atoms with E-state index in [0.29, 0.717) is 5.95 Å². The molecule has 354 valence electrons. The van der Waals surface area contributed by atoms with E-state index in [1.54, 1.807) is 0 Å². The molecule has 0 radical (unpaired) electrons. The van der Waals surface area contributed by atoms with Crippen molar-refractivity contribution < 1.29 is 0 Å². The highest BCUT2D eigenvalue weighted by molar-refractivity contribution is 6.20. The summed E-state index contributed by atoms with van der Waals surface area (Å²) in [4.78, 5) is 13.8. The molecular weight excluding hydrogens is 921 g/mol. The second-order valence-electron chi connectivity index (χ2n) is 19.7. The van der Waals surface area contributed by atoms with Crippen molar-refractivity contribution in [1.82, 2.24) is 14.5 Å². The molecule has 0 bridgehead atoms. The van der Waals surface area contributed by atoms with Gasteiger partial charge in [0, 0.05) is 38.5 Å². The maximum absolute atomic E-state index is 5.73. The predicted octanol–water partition coefficient (Wildman–Crippen LogP) is 19.3. The maximum Gasteiger partial charge on any atom is 0.235 e. The lowest BCUT2D eigenvalue weighted by molar-refractivity contribution is 1.01. The van der Waals surface area contributed by atoms with Crippen molar-refractivity contribution in [3.05, 3.63) is 279 Å². The normalized spacial score (nSPS) is 11.9. The highest BCUT2D eigenvalue weighted by Gasteiger charge is 2.31. The van der Waals surface area contributed by atoms with Crippen molar-refractivity contribution in [1.29, 1.82) is 0 Å². The molecule has 4 heteroatoms. The molecule has 0 unspecified atom stereocenters. The molecule has 0 saturated carbocycles. The Morgan fingerprint density at radius 3 is 1.58 bits per heavy atom. The summed E-state index contributed by atoms with van der Waals surface area (Å²) in [5.41, 5.74) is 22.0. The second-order valence-corrected chi connectivity index (χ2v) is 19.7. The van der Waals surface area contributed by atoms with Gasteiger partial charge in [0.2, 0.25) is 5.95 Å². The molecule has 0 atom stereocenters. The van der Waals surface area contributed by atoms with E-state index in [1.807, 2.05) is 0 Å². The molecule has 0 amide bonds. The summed E-state index contributed by atoms with van der Waals surface area (Å²) in [5, 5.41) is 5.66. The largest absolute Gasteiger partial charge is 0.307 e. The Bertz CT molecular complexity index is 4500. The van der Waals surface area contributed by atoms with Gasteiger partial charge in [-0.2, -0.15) is 0 Å². The van der Waals surface area contributed by atoms with E-state index in [1.165, 1.54) is 55.3 Å². The summed E-state index contributed by atoms with van der Waals surface area (Å²) in [6, 6.07) is 101. The Morgan fingerprint density at radius 2 is 0.842 bits per heavy atom. The Kier molecular flexibility index (Phi) is 10.2. The summed E-state index contributed by atoms with van der Waals surface area (Å²) in [6.07, 6.45) is 0. The third-order valence-electron chi connectivity index (χ3n) is 15.3. The van der Waals surface area contributed by atoms with Crippen LogP contribution < -0.4 is 4.90 Å². The number of benzene rings is 12. The number of hydrogen-bond acceptors (Lipinski definition) is 3. The van der Waals surface area contributed by atoms with Crippen LogP contribution in [0.1, 0.15) is 0 Å². The van der Waals surface area contributed by atoms with Crippen LogP contribution in [0.5, 0.6) is 0 Å². The first-order valence-electron chi connectivity index (χ1n) is 26.0. The zero-order valence-electron chi connectivity index (χ0n) is 41.3.